The molecule has 0 unspecified atom stereocenters. The summed E-state index contributed by atoms with van der Waals surface area (Å²) < 4.78 is 40.1. The van der Waals surface area contributed by atoms with Gasteiger partial charge in [-0.1, -0.05) is 18.6 Å². The Kier molecular flexibility index (Phi) is 7.84. The van der Waals surface area contributed by atoms with E-state index in [0.29, 0.717) is 6.54 Å². The lowest BCUT2D eigenvalue weighted by atomic mass is 10.2. The van der Waals surface area contributed by atoms with Crippen LogP contribution in [0.4, 0.5) is 13.2 Å². The van der Waals surface area contributed by atoms with Crippen molar-refractivity contribution in [3.63, 3.8) is 0 Å². The number of alkyl halides is 3. The lowest BCUT2D eigenvalue weighted by Crippen LogP contribution is -2.18. The van der Waals surface area contributed by atoms with Crippen molar-refractivity contribution in [2.75, 3.05) is 18.6 Å². The Morgan fingerprint density at radius 3 is 2.70 bits per heavy atom. The van der Waals surface area contributed by atoms with Crippen LogP contribution in [0.3, 0.4) is 0 Å². The number of hydrogen-bond acceptors (Lipinski definition) is 3. The van der Waals surface area contributed by atoms with Crippen LogP contribution in [-0.2, 0) is 6.54 Å². The van der Waals surface area contributed by atoms with Gasteiger partial charge >= 0.3 is 6.36 Å². The second-order valence-electron chi connectivity index (χ2n) is 4.43. The smallest absolute Gasteiger partial charge is 0.406 e. The molecule has 2 nitrogen and oxygen atoms in total. The average molecular weight is 307 g/mol. The Morgan fingerprint density at radius 1 is 1.20 bits per heavy atom. The van der Waals surface area contributed by atoms with Gasteiger partial charge in [0.2, 0.25) is 0 Å². The Labute approximate surface area is 122 Å². The molecule has 0 spiro atoms. The molecule has 20 heavy (non-hydrogen) atoms. The fourth-order valence-corrected chi connectivity index (χ4v) is 2.25. The number of ether oxygens (including phenoxy) is 1. The summed E-state index contributed by atoms with van der Waals surface area (Å²) in [5.41, 5.74) is 0.788. The van der Waals surface area contributed by atoms with Crippen LogP contribution >= 0.6 is 11.8 Å². The highest BCUT2D eigenvalue weighted by Gasteiger charge is 2.31. The van der Waals surface area contributed by atoms with Crippen molar-refractivity contribution in [2.45, 2.75) is 32.2 Å². The van der Waals surface area contributed by atoms with Gasteiger partial charge in [0, 0.05) is 6.54 Å². The van der Waals surface area contributed by atoms with Crippen LogP contribution in [0, 0.1) is 0 Å². The fraction of sp³-hybridized carbons (Fsp3) is 0.571. The summed E-state index contributed by atoms with van der Waals surface area (Å²) in [5, 5.41) is 3.23. The lowest BCUT2D eigenvalue weighted by molar-refractivity contribution is -0.274. The Balaban J connectivity index is 2.25. The van der Waals surface area contributed by atoms with Crippen molar-refractivity contribution in [3.8, 4) is 5.75 Å². The molecule has 0 aliphatic carbocycles. The van der Waals surface area contributed by atoms with E-state index < -0.39 is 6.36 Å². The maximum absolute atomic E-state index is 12.1. The topological polar surface area (TPSA) is 21.3 Å². The molecule has 0 amide bonds. The van der Waals surface area contributed by atoms with Gasteiger partial charge in [0.25, 0.3) is 0 Å². The first-order chi connectivity index (χ1) is 9.51. The molecule has 0 bridgehead atoms. The first kappa shape index (κ1) is 17.2. The molecule has 0 aliphatic heterocycles. The maximum atomic E-state index is 12.1. The van der Waals surface area contributed by atoms with Gasteiger partial charge in [-0.3, -0.25) is 0 Å². The molecular formula is C14H20F3NOS. The second-order valence-corrected chi connectivity index (χ2v) is 5.41. The number of nitrogens with one attached hydrogen (secondary N) is 1. The normalized spacial score (nSPS) is 11.6. The third kappa shape index (κ3) is 8.32. The van der Waals surface area contributed by atoms with Crippen LogP contribution in [0.25, 0.3) is 0 Å². The van der Waals surface area contributed by atoms with Gasteiger partial charge in [-0.2, -0.15) is 11.8 Å². The monoisotopic (exact) mass is 307 g/mol. The summed E-state index contributed by atoms with van der Waals surface area (Å²) >= 11 is 1.84. The molecule has 0 aliphatic rings. The van der Waals surface area contributed by atoms with Gasteiger partial charge in [-0.25, -0.2) is 0 Å². The van der Waals surface area contributed by atoms with Gasteiger partial charge < -0.3 is 10.1 Å². The molecule has 1 N–H and O–H groups in total. The molecule has 0 aromatic heterocycles. The van der Waals surface area contributed by atoms with Crippen LogP contribution in [0.1, 0.15) is 24.8 Å². The zero-order chi connectivity index (χ0) is 14.8. The Bertz CT molecular complexity index is 385. The summed E-state index contributed by atoms with van der Waals surface area (Å²) in [5.74, 6) is 1.01. The minimum atomic E-state index is -4.64. The van der Waals surface area contributed by atoms with Crippen molar-refractivity contribution in [3.05, 3.63) is 29.8 Å². The molecule has 0 atom stereocenters. The van der Waals surface area contributed by atoms with E-state index in [1.165, 1.54) is 30.7 Å². The quantitative estimate of drug-likeness (QED) is 0.691. The first-order valence-electron chi connectivity index (χ1n) is 6.55. The van der Waals surface area contributed by atoms with Crippen molar-refractivity contribution in [1.29, 1.82) is 0 Å². The number of rotatable bonds is 9. The number of hydrogen-bond donors (Lipinski definition) is 1. The molecule has 0 heterocycles. The van der Waals surface area contributed by atoms with Crippen LogP contribution < -0.4 is 10.1 Å². The van der Waals surface area contributed by atoms with E-state index in [1.54, 1.807) is 12.1 Å². The highest BCUT2D eigenvalue weighted by molar-refractivity contribution is 7.98. The molecule has 114 valence electrons. The van der Waals surface area contributed by atoms with E-state index in [1.807, 2.05) is 11.8 Å². The third-order valence-corrected chi connectivity index (χ3v) is 3.36. The van der Waals surface area contributed by atoms with Crippen molar-refractivity contribution in [2.24, 2.45) is 0 Å². The number of benzene rings is 1. The fourth-order valence-electron chi connectivity index (χ4n) is 1.76. The van der Waals surface area contributed by atoms with Crippen molar-refractivity contribution >= 4 is 11.8 Å². The zero-order valence-electron chi connectivity index (χ0n) is 11.5. The molecular weight excluding hydrogens is 287 g/mol. The van der Waals surface area contributed by atoms with Gasteiger partial charge in [0.1, 0.15) is 5.75 Å². The van der Waals surface area contributed by atoms with E-state index in [4.69, 9.17) is 0 Å². The zero-order valence-corrected chi connectivity index (χ0v) is 12.3. The SMILES string of the molecule is CSCCCCCNCc1cccc(OC(F)(F)F)c1. The van der Waals surface area contributed by atoms with E-state index >= 15 is 0 Å². The van der Waals surface area contributed by atoms with E-state index in [2.05, 4.69) is 16.3 Å². The minimum Gasteiger partial charge on any atom is -0.406 e. The van der Waals surface area contributed by atoms with Crippen LogP contribution in [-0.4, -0.2) is 24.9 Å². The second kappa shape index (κ2) is 9.13. The largest absolute Gasteiger partial charge is 0.573 e. The maximum Gasteiger partial charge on any atom is 0.573 e. The molecule has 0 radical (unpaired) electrons. The first-order valence-corrected chi connectivity index (χ1v) is 7.95. The molecule has 1 aromatic carbocycles. The number of unbranched alkanes of at least 4 members (excludes halogenated alkanes) is 2. The van der Waals surface area contributed by atoms with Crippen LogP contribution in [0.15, 0.2) is 24.3 Å². The molecule has 0 saturated heterocycles. The van der Waals surface area contributed by atoms with Gasteiger partial charge in [0.15, 0.2) is 0 Å². The highest BCUT2D eigenvalue weighted by Crippen LogP contribution is 2.23. The van der Waals surface area contributed by atoms with E-state index in [0.717, 1.165) is 18.5 Å². The molecule has 1 aromatic rings. The van der Waals surface area contributed by atoms with Crippen molar-refractivity contribution in [1.82, 2.24) is 5.32 Å². The summed E-state index contributed by atoms with van der Waals surface area (Å²) in [6.07, 6.45) is 0.916. The van der Waals surface area contributed by atoms with Crippen molar-refractivity contribution < 1.29 is 17.9 Å². The van der Waals surface area contributed by atoms with Gasteiger partial charge in [0.05, 0.1) is 0 Å². The summed E-state index contributed by atoms with van der Waals surface area (Å²) in [6.45, 7) is 1.43. The standard InChI is InChI=1S/C14H20F3NOS/c1-20-9-4-2-3-8-18-11-12-6-5-7-13(10-12)19-14(15,16)17/h5-7,10,18H,2-4,8-9,11H2,1H3. The molecule has 0 saturated carbocycles. The van der Waals surface area contributed by atoms with Crippen LogP contribution in [0.5, 0.6) is 5.75 Å². The minimum absolute atomic E-state index is 0.170. The lowest BCUT2D eigenvalue weighted by Gasteiger charge is -2.10. The number of thioether (sulfide) groups is 1. The predicted octanol–water partition coefficient (Wildman–Crippen LogP) is 4.21. The number of halogens is 3. The molecule has 6 heteroatoms. The van der Waals surface area contributed by atoms with Gasteiger partial charge in [-0.15, -0.1) is 13.2 Å². The van der Waals surface area contributed by atoms with E-state index in [-0.39, 0.29) is 5.75 Å². The van der Waals surface area contributed by atoms with Gasteiger partial charge in [-0.05, 0) is 49.1 Å². The average Bonchev–Trinajstić information content (AvgIpc) is 2.36. The highest BCUT2D eigenvalue weighted by atomic mass is 32.2. The molecule has 1 rings (SSSR count). The Morgan fingerprint density at radius 2 is 2.00 bits per heavy atom. The molecule has 0 fully saturated rings. The summed E-state index contributed by atoms with van der Waals surface area (Å²) in [6, 6.07) is 6.06. The summed E-state index contributed by atoms with van der Waals surface area (Å²) in [4.78, 5) is 0. The van der Waals surface area contributed by atoms with Crippen LogP contribution in [0.2, 0.25) is 0 Å². The van der Waals surface area contributed by atoms with E-state index in [9.17, 15) is 13.2 Å². The third-order valence-electron chi connectivity index (χ3n) is 2.66. The predicted molar refractivity (Wildman–Crippen MR) is 77.1 cm³/mol. The Hall–Kier alpha value is -0.880. The summed E-state index contributed by atoms with van der Waals surface area (Å²) in [7, 11) is 0.